The van der Waals surface area contributed by atoms with E-state index < -0.39 is 46.7 Å². The highest BCUT2D eigenvalue weighted by atomic mass is 32.1. The largest absolute Gasteiger partial charge is 0.477 e. The van der Waals surface area contributed by atoms with Crippen LogP contribution in [0.4, 0.5) is 26.3 Å². The van der Waals surface area contributed by atoms with Crippen LogP contribution in [0.1, 0.15) is 20.4 Å². The second-order valence-electron chi connectivity index (χ2n) is 3.27. The third-order valence-corrected chi connectivity index (χ3v) is 2.74. The first-order valence-electron chi connectivity index (χ1n) is 4.33. The number of aromatic carboxylic acids is 1. The Labute approximate surface area is 100 Å². The van der Waals surface area contributed by atoms with Gasteiger partial charge in [-0.25, -0.2) is 9.78 Å². The van der Waals surface area contributed by atoms with Crippen molar-refractivity contribution in [2.24, 2.45) is 0 Å². The number of thiazole rings is 1. The zero-order chi connectivity index (χ0) is 14.1. The van der Waals surface area contributed by atoms with E-state index in [1.165, 1.54) is 0 Å². The summed E-state index contributed by atoms with van der Waals surface area (Å²) in [6.45, 7) is 0. The third-order valence-electron chi connectivity index (χ3n) is 1.66. The maximum Gasteiger partial charge on any atom is 0.395 e. The van der Waals surface area contributed by atoms with Gasteiger partial charge in [-0.3, -0.25) is 0 Å². The molecule has 0 amide bonds. The van der Waals surface area contributed by atoms with Crippen molar-refractivity contribution >= 4 is 17.3 Å². The van der Waals surface area contributed by atoms with Crippen LogP contribution in [0.5, 0.6) is 0 Å². The van der Waals surface area contributed by atoms with Crippen molar-refractivity contribution in [2.75, 3.05) is 0 Å². The van der Waals surface area contributed by atoms with Crippen LogP contribution in [0.2, 0.25) is 0 Å². The SMILES string of the molecule is O=C(O)c1sc(CC(F)(F)F)nc1CC(F)(F)F. The van der Waals surface area contributed by atoms with E-state index in [0.29, 0.717) is 0 Å². The van der Waals surface area contributed by atoms with Crippen molar-refractivity contribution in [1.82, 2.24) is 4.98 Å². The second kappa shape index (κ2) is 4.75. The van der Waals surface area contributed by atoms with Gasteiger partial charge in [0, 0.05) is 0 Å². The minimum Gasteiger partial charge on any atom is -0.477 e. The number of nitrogens with zero attached hydrogens (tertiary/aromatic N) is 1. The highest BCUT2D eigenvalue weighted by Gasteiger charge is 2.35. The number of aromatic nitrogens is 1. The topological polar surface area (TPSA) is 50.2 Å². The summed E-state index contributed by atoms with van der Waals surface area (Å²) in [5.74, 6) is -1.72. The van der Waals surface area contributed by atoms with Gasteiger partial charge in [-0.05, 0) is 0 Å². The molecular formula is C8H5F6NO2S. The number of halogens is 6. The van der Waals surface area contributed by atoms with Crippen LogP contribution in [0.15, 0.2) is 0 Å². The van der Waals surface area contributed by atoms with E-state index in [1.807, 2.05) is 0 Å². The van der Waals surface area contributed by atoms with Gasteiger partial charge in [0.25, 0.3) is 0 Å². The van der Waals surface area contributed by atoms with E-state index in [0.717, 1.165) is 0 Å². The molecule has 1 rings (SSSR count). The van der Waals surface area contributed by atoms with Gasteiger partial charge in [0.05, 0.1) is 18.5 Å². The first-order chi connectivity index (χ1) is 7.98. The Morgan fingerprint density at radius 1 is 1.11 bits per heavy atom. The molecule has 0 aromatic carbocycles. The molecule has 0 saturated carbocycles. The summed E-state index contributed by atoms with van der Waals surface area (Å²) in [5.41, 5.74) is -0.890. The molecule has 0 atom stereocenters. The Hall–Kier alpha value is -1.32. The standard InChI is InChI=1S/C8H5F6NO2S/c9-7(10,11)1-3-5(6(16)17)18-4(15-3)2-8(12,13)14/h1-2H2,(H,16,17). The highest BCUT2D eigenvalue weighted by molar-refractivity contribution is 7.13. The van der Waals surface area contributed by atoms with E-state index in [2.05, 4.69) is 4.98 Å². The van der Waals surface area contributed by atoms with Crippen LogP contribution in [0.25, 0.3) is 0 Å². The van der Waals surface area contributed by atoms with Gasteiger partial charge in [-0.2, -0.15) is 26.3 Å². The molecule has 1 aromatic heterocycles. The number of rotatable bonds is 3. The Morgan fingerprint density at radius 3 is 2.00 bits per heavy atom. The van der Waals surface area contributed by atoms with Gasteiger partial charge in [-0.15, -0.1) is 11.3 Å². The molecule has 0 radical (unpaired) electrons. The Morgan fingerprint density at radius 2 is 1.61 bits per heavy atom. The minimum atomic E-state index is -4.73. The van der Waals surface area contributed by atoms with E-state index in [1.54, 1.807) is 0 Å². The number of carboxylic acid groups (broad SMARTS) is 1. The average molecular weight is 293 g/mol. The molecule has 0 spiro atoms. The average Bonchev–Trinajstić information content (AvgIpc) is 2.40. The number of hydrogen-bond acceptors (Lipinski definition) is 3. The quantitative estimate of drug-likeness (QED) is 0.871. The van der Waals surface area contributed by atoms with E-state index >= 15 is 0 Å². The van der Waals surface area contributed by atoms with Crippen LogP contribution in [-0.2, 0) is 12.8 Å². The summed E-state index contributed by atoms with van der Waals surface area (Å²) in [5, 5.41) is 7.90. The van der Waals surface area contributed by atoms with E-state index in [4.69, 9.17) is 5.11 Å². The molecule has 1 N–H and O–H groups in total. The molecule has 0 unspecified atom stereocenters. The van der Waals surface area contributed by atoms with Crippen LogP contribution in [-0.4, -0.2) is 28.4 Å². The molecule has 0 bridgehead atoms. The monoisotopic (exact) mass is 293 g/mol. The van der Waals surface area contributed by atoms with Gasteiger partial charge in [0.2, 0.25) is 0 Å². The molecule has 10 heteroatoms. The van der Waals surface area contributed by atoms with Gasteiger partial charge in [-0.1, -0.05) is 0 Å². The molecule has 0 saturated heterocycles. The molecular weight excluding hydrogens is 288 g/mol. The van der Waals surface area contributed by atoms with Crippen molar-refractivity contribution in [3.63, 3.8) is 0 Å². The summed E-state index contributed by atoms with van der Waals surface area (Å²) in [6.07, 6.45) is -12.6. The maximum absolute atomic E-state index is 12.1. The number of carbonyl (C=O) groups is 1. The molecule has 0 aliphatic heterocycles. The summed E-state index contributed by atoms with van der Waals surface area (Å²) < 4.78 is 72.3. The van der Waals surface area contributed by atoms with E-state index in [9.17, 15) is 31.1 Å². The summed E-state index contributed by atoms with van der Waals surface area (Å²) in [6, 6.07) is 0. The van der Waals surface area contributed by atoms with Crippen molar-refractivity contribution in [1.29, 1.82) is 0 Å². The molecule has 102 valence electrons. The van der Waals surface area contributed by atoms with Gasteiger partial charge in [0.15, 0.2) is 0 Å². The third kappa shape index (κ3) is 4.51. The van der Waals surface area contributed by atoms with Crippen molar-refractivity contribution < 1.29 is 36.2 Å². The summed E-state index contributed by atoms with van der Waals surface area (Å²) in [4.78, 5) is 12.9. The normalized spacial score (nSPS) is 12.8. The van der Waals surface area contributed by atoms with Gasteiger partial charge in [0.1, 0.15) is 9.88 Å². The van der Waals surface area contributed by atoms with Crippen molar-refractivity contribution in [3.05, 3.63) is 15.6 Å². The first kappa shape index (κ1) is 14.7. The predicted octanol–water partition coefficient (Wildman–Crippen LogP) is 3.05. The van der Waals surface area contributed by atoms with E-state index in [-0.39, 0.29) is 11.3 Å². The molecule has 0 aliphatic carbocycles. The predicted molar refractivity (Wildman–Crippen MR) is 48.6 cm³/mol. The first-order valence-corrected chi connectivity index (χ1v) is 5.15. The van der Waals surface area contributed by atoms with Crippen LogP contribution < -0.4 is 0 Å². The molecule has 1 heterocycles. The van der Waals surface area contributed by atoms with Crippen molar-refractivity contribution in [3.8, 4) is 0 Å². The van der Waals surface area contributed by atoms with Crippen molar-refractivity contribution in [2.45, 2.75) is 25.2 Å². The fraction of sp³-hybridized carbons (Fsp3) is 0.500. The second-order valence-corrected chi connectivity index (χ2v) is 4.36. The van der Waals surface area contributed by atoms with Crippen LogP contribution in [0.3, 0.4) is 0 Å². The fourth-order valence-electron chi connectivity index (χ4n) is 1.12. The number of carboxylic acids is 1. The van der Waals surface area contributed by atoms with Crippen LogP contribution >= 0.6 is 11.3 Å². The molecule has 3 nitrogen and oxygen atoms in total. The Kier molecular flexibility index (Phi) is 3.89. The molecule has 1 aromatic rings. The number of hydrogen-bond donors (Lipinski definition) is 1. The smallest absolute Gasteiger partial charge is 0.395 e. The number of alkyl halides is 6. The van der Waals surface area contributed by atoms with Gasteiger partial charge < -0.3 is 5.11 Å². The highest BCUT2D eigenvalue weighted by Crippen LogP contribution is 2.30. The molecule has 0 fully saturated rings. The fourth-order valence-corrected chi connectivity index (χ4v) is 2.07. The lowest BCUT2D eigenvalue weighted by atomic mass is 10.2. The van der Waals surface area contributed by atoms with Crippen LogP contribution in [0, 0.1) is 0 Å². The lowest BCUT2D eigenvalue weighted by Gasteiger charge is -2.04. The Balaban J connectivity index is 3.05. The zero-order valence-corrected chi connectivity index (χ0v) is 9.21. The lowest BCUT2D eigenvalue weighted by molar-refractivity contribution is -0.128. The summed E-state index contributed by atoms with van der Waals surface area (Å²) in [7, 11) is 0. The summed E-state index contributed by atoms with van der Waals surface area (Å²) >= 11 is 0.105. The Bertz CT molecular complexity index is 449. The molecule has 18 heavy (non-hydrogen) atoms. The molecule has 0 aliphatic rings. The lowest BCUT2D eigenvalue weighted by Crippen LogP contribution is -2.15. The maximum atomic E-state index is 12.1. The van der Waals surface area contributed by atoms with Gasteiger partial charge >= 0.3 is 18.3 Å². The zero-order valence-electron chi connectivity index (χ0n) is 8.39. The minimum absolute atomic E-state index is 0.105.